The van der Waals surface area contributed by atoms with Gasteiger partial charge in [0.05, 0.1) is 12.2 Å². The summed E-state index contributed by atoms with van der Waals surface area (Å²) in [6, 6.07) is 14.6. The summed E-state index contributed by atoms with van der Waals surface area (Å²) in [4.78, 5) is 23.7. The molecule has 0 bridgehead atoms. The van der Waals surface area contributed by atoms with Crippen molar-refractivity contribution in [3.05, 3.63) is 71.4 Å². The molecule has 0 unspecified atom stereocenters. The van der Waals surface area contributed by atoms with E-state index in [2.05, 4.69) is 10.6 Å². The first-order valence-electron chi connectivity index (χ1n) is 8.23. The Morgan fingerprint density at radius 3 is 2.41 bits per heavy atom. The smallest absolute Gasteiger partial charge is 0.338 e. The molecule has 138 valence electrons. The van der Waals surface area contributed by atoms with E-state index >= 15 is 0 Å². The van der Waals surface area contributed by atoms with Crippen LogP contribution in [0.2, 0.25) is 0 Å². The van der Waals surface area contributed by atoms with Gasteiger partial charge in [-0.3, -0.25) is 4.79 Å². The summed E-state index contributed by atoms with van der Waals surface area (Å²) in [6.07, 6.45) is 1.33. The van der Waals surface area contributed by atoms with E-state index in [-0.39, 0.29) is 17.3 Å². The van der Waals surface area contributed by atoms with Crippen molar-refractivity contribution >= 4 is 17.6 Å². The minimum absolute atomic E-state index is 0.0830. The molecule has 0 atom stereocenters. The lowest BCUT2D eigenvalue weighted by atomic mass is 10.1. The van der Waals surface area contributed by atoms with E-state index in [0.29, 0.717) is 24.4 Å². The molecule has 2 rings (SSSR count). The second-order valence-corrected chi connectivity index (χ2v) is 5.47. The van der Waals surface area contributed by atoms with Gasteiger partial charge in [-0.1, -0.05) is 12.1 Å². The Bertz CT molecular complexity index is 866. The van der Waals surface area contributed by atoms with Gasteiger partial charge in [-0.25, -0.2) is 4.79 Å². The van der Waals surface area contributed by atoms with E-state index in [1.54, 1.807) is 31.2 Å². The fraction of sp³-hybridized carbons (Fsp3) is 0.150. The van der Waals surface area contributed by atoms with Crippen LogP contribution in [0.3, 0.4) is 0 Å². The average Bonchev–Trinajstić information content (AvgIpc) is 2.67. The van der Waals surface area contributed by atoms with Crippen LogP contribution in [0.1, 0.15) is 22.8 Å². The van der Waals surface area contributed by atoms with Gasteiger partial charge in [-0.05, 0) is 48.9 Å². The molecule has 3 N–H and O–H groups in total. The number of nitrogens with zero attached hydrogens (tertiary/aromatic N) is 1. The maximum Gasteiger partial charge on any atom is 0.338 e. The highest BCUT2D eigenvalue weighted by atomic mass is 16.5. The number of phenolic OH excluding ortho intramolecular Hbond substituents is 1. The Hall–Kier alpha value is -3.79. The SMILES string of the molecule is CCOC(=O)c1ccc(CN/C=C(/C#N)C(=O)Nc2ccc(O)cc2)cc1. The van der Waals surface area contributed by atoms with Crippen LogP contribution in [0.5, 0.6) is 5.75 Å². The summed E-state index contributed by atoms with van der Waals surface area (Å²) in [6.45, 7) is 2.43. The Morgan fingerprint density at radius 2 is 1.81 bits per heavy atom. The van der Waals surface area contributed by atoms with Gasteiger partial charge in [0.15, 0.2) is 0 Å². The van der Waals surface area contributed by atoms with Crippen molar-refractivity contribution in [2.45, 2.75) is 13.5 Å². The molecular formula is C20H19N3O4. The quantitative estimate of drug-likeness (QED) is 0.301. The minimum atomic E-state index is -0.562. The van der Waals surface area contributed by atoms with Gasteiger partial charge in [0.2, 0.25) is 0 Å². The zero-order valence-electron chi connectivity index (χ0n) is 14.7. The predicted octanol–water partition coefficient (Wildman–Crippen LogP) is 2.70. The van der Waals surface area contributed by atoms with Crippen LogP contribution in [0.4, 0.5) is 5.69 Å². The maximum atomic E-state index is 12.1. The van der Waals surface area contributed by atoms with Crippen LogP contribution in [-0.4, -0.2) is 23.6 Å². The van der Waals surface area contributed by atoms with Crippen molar-refractivity contribution in [3.63, 3.8) is 0 Å². The van der Waals surface area contributed by atoms with Crippen molar-refractivity contribution in [2.24, 2.45) is 0 Å². The molecule has 0 fully saturated rings. The zero-order valence-corrected chi connectivity index (χ0v) is 14.7. The third-order valence-corrected chi connectivity index (χ3v) is 3.51. The lowest BCUT2D eigenvalue weighted by Crippen LogP contribution is -2.16. The zero-order chi connectivity index (χ0) is 19.6. The van der Waals surface area contributed by atoms with Crippen molar-refractivity contribution in [3.8, 4) is 11.8 Å². The van der Waals surface area contributed by atoms with E-state index in [9.17, 15) is 14.7 Å². The first-order chi connectivity index (χ1) is 13.0. The van der Waals surface area contributed by atoms with Gasteiger partial charge in [0, 0.05) is 18.4 Å². The summed E-state index contributed by atoms with van der Waals surface area (Å²) >= 11 is 0. The molecule has 7 heteroatoms. The normalized spacial score (nSPS) is 10.6. The lowest BCUT2D eigenvalue weighted by Gasteiger charge is -2.06. The summed E-state index contributed by atoms with van der Waals surface area (Å²) in [5.74, 6) is -0.859. The molecule has 7 nitrogen and oxygen atoms in total. The third kappa shape index (κ3) is 5.90. The molecule has 0 spiro atoms. The van der Waals surface area contributed by atoms with Gasteiger partial charge in [0.1, 0.15) is 17.4 Å². The molecule has 0 aliphatic carbocycles. The summed E-state index contributed by atoms with van der Waals surface area (Å²) in [5, 5.41) is 23.9. The highest BCUT2D eigenvalue weighted by Crippen LogP contribution is 2.14. The van der Waals surface area contributed by atoms with E-state index in [0.717, 1.165) is 5.56 Å². The van der Waals surface area contributed by atoms with Gasteiger partial charge in [0.25, 0.3) is 5.91 Å². The molecule has 0 aliphatic rings. The van der Waals surface area contributed by atoms with Gasteiger partial charge in [-0.15, -0.1) is 0 Å². The third-order valence-electron chi connectivity index (χ3n) is 3.51. The van der Waals surface area contributed by atoms with E-state index in [1.807, 2.05) is 6.07 Å². The Kier molecular flexibility index (Phi) is 6.97. The number of rotatable bonds is 7. The van der Waals surface area contributed by atoms with Gasteiger partial charge >= 0.3 is 5.97 Å². The number of carbonyl (C=O) groups excluding carboxylic acids is 2. The van der Waals surface area contributed by atoms with E-state index in [1.165, 1.54) is 30.5 Å². The monoisotopic (exact) mass is 365 g/mol. The number of aromatic hydroxyl groups is 1. The van der Waals surface area contributed by atoms with Crippen LogP contribution in [0.15, 0.2) is 60.3 Å². The number of esters is 1. The van der Waals surface area contributed by atoms with Crippen LogP contribution >= 0.6 is 0 Å². The van der Waals surface area contributed by atoms with Crippen LogP contribution < -0.4 is 10.6 Å². The standard InChI is InChI=1S/C20H19N3O4/c1-2-27-20(26)15-5-3-14(4-6-15)12-22-13-16(11-21)19(25)23-17-7-9-18(24)10-8-17/h3-10,13,22,24H,2,12H2,1H3,(H,23,25)/b16-13-. The van der Waals surface area contributed by atoms with Crippen molar-refractivity contribution < 1.29 is 19.4 Å². The number of carbonyl (C=O) groups is 2. The molecule has 27 heavy (non-hydrogen) atoms. The highest BCUT2D eigenvalue weighted by molar-refractivity contribution is 6.06. The number of phenols is 1. The first-order valence-corrected chi connectivity index (χ1v) is 8.23. The summed E-state index contributed by atoms with van der Waals surface area (Å²) in [7, 11) is 0. The number of nitrogens with one attached hydrogen (secondary N) is 2. The second kappa shape index (κ2) is 9.63. The molecule has 1 amide bonds. The summed E-state index contributed by atoms with van der Waals surface area (Å²) in [5.41, 5.74) is 1.71. The minimum Gasteiger partial charge on any atom is -0.508 e. The lowest BCUT2D eigenvalue weighted by molar-refractivity contribution is -0.112. The molecule has 0 saturated carbocycles. The van der Waals surface area contributed by atoms with E-state index in [4.69, 9.17) is 10.00 Å². The molecule has 0 heterocycles. The summed E-state index contributed by atoms with van der Waals surface area (Å²) < 4.78 is 4.92. The fourth-order valence-electron chi connectivity index (χ4n) is 2.14. The van der Waals surface area contributed by atoms with Gasteiger partial charge < -0.3 is 20.5 Å². The molecule has 2 aromatic carbocycles. The molecule has 0 saturated heterocycles. The number of hydrogen-bond donors (Lipinski definition) is 3. The number of nitriles is 1. The first kappa shape index (κ1) is 19.5. The Labute approximate surface area is 156 Å². The average molecular weight is 365 g/mol. The Balaban J connectivity index is 1.92. The number of anilines is 1. The van der Waals surface area contributed by atoms with Crippen LogP contribution in [-0.2, 0) is 16.1 Å². The van der Waals surface area contributed by atoms with Crippen molar-refractivity contribution in [1.82, 2.24) is 5.32 Å². The number of hydrogen-bond acceptors (Lipinski definition) is 6. The van der Waals surface area contributed by atoms with Crippen molar-refractivity contribution in [1.29, 1.82) is 5.26 Å². The topological polar surface area (TPSA) is 111 Å². The van der Waals surface area contributed by atoms with E-state index < -0.39 is 5.91 Å². The fourth-order valence-corrected chi connectivity index (χ4v) is 2.14. The van der Waals surface area contributed by atoms with Crippen LogP contribution in [0, 0.1) is 11.3 Å². The number of amides is 1. The number of ether oxygens (including phenoxy) is 1. The molecular weight excluding hydrogens is 346 g/mol. The molecule has 0 aliphatic heterocycles. The predicted molar refractivity (Wildman–Crippen MR) is 99.7 cm³/mol. The second-order valence-electron chi connectivity index (χ2n) is 5.47. The number of benzene rings is 2. The Morgan fingerprint density at radius 1 is 1.15 bits per heavy atom. The molecule has 0 radical (unpaired) electrons. The highest BCUT2D eigenvalue weighted by Gasteiger charge is 2.09. The van der Waals surface area contributed by atoms with Crippen molar-refractivity contribution in [2.75, 3.05) is 11.9 Å². The molecule has 2 aromatic rings. The largest absolute Gasteiger partial charge is 0.508 e. The molecule has 0 aromatic heterocycles. The maximum absolute atomic E-state index is 12.1. The van der Waals surface area contributed by atoms with Crippen LogP contribution in [0.25, 0.3) is 0 Å². The van der Waals surface area contributed by atoms with Gasteiger partial charge in [-0.2, -0.15) is 5.26 Å².